The zero-order chi connectivity index (χ0) is 20.0. The first-order valence-corrected chi connectivity index (χ1v) is 10.9. The molecule has 2 amide bonds. The molecule has 154 valence electrons. The number of piperidine rings is 2. The molecule has 0 aromatic heterocycles. The van der Waals surface area contributed by atoms with E-state index in [-0.39, 0.29) is 17.6 Å². The van der Waals surface area contributed by atoms with Gasteiger partial charge in [0.1, 0.15) is 5.75 Å². The standard InChI is InChI=1S/C20H28ClN3O3S/c21-16-1-3-17(4-2-16)27-20(7-9-22-10-8-20)19(26)24-11-5-15(6-12-24)13-23-18(25)14-28/h1-4,15,22,28H,5-14H2,(H,23,25). The number of ether oxygens (including phenoxy) is 1. The number of thiol groups is 1. The molecule has 2 heterocycles. The van der Waals surface area contributed by atoms with E-state index in [2.05, 4.69) is 23.3 Å². The molecule has 0 spiro atoms. The third-order valence-corrected chi connectivity index (χ3v) is 6.10. The lowest BCUT2D eigenvalue weighted by Crippen LogP contribution is -2.59. The Balaban J connectivity index is 1.62. The van der Waals surface area contributed by atoms with Gasteiger partial charge in [0, 0.05) is 37.5 Å². The van der Waals surface area contributed by atoms with Crippen LogP contribution in [0.25, 0.3) is 0 Å². The van der Waals surface area contributed by atoms with E-state index in [9.17, 15) is 9.59 Å². The van der Waals surface area contributed by atoms with Crippen molar-refractivity contribution in [3.8, 4) is 5.75 Å². The Kier molecular flexibility index (Phi) is 7.48. The minimum Gasteiger partial charge on any atom is -0.477 e. The number of likely N-dealkylation sites (tertiary alicyclic amines) is 1. The number of carbonyl (C=O) groups is 2. The molecule has 3 rings (SSSR count). The van der Waals surface area contributed by atoms with Gasteiger partial charge in [-0.15, -0.1) is 0 Å². The molecular formula is C20H28ClN3O3S. The van der Waals surface area contributed by atoms with Crippen molar-refractivity contribution >= 4 is 36.0 Å². The average Bonchev–Trinajstić information content (AvgIpc) is 2.74. The normalized spacial score (nSPS) is 19.9. The van der Waals surface area contributed by atoms with Crippen LogP contribution in [0.4, 0.5) is 0 Å². The number of carbonyl (C=O) groups excluding carboxylic acids is 2. The first-order chi connectivity index (χ1) is 13.5. The minimum atomic E-state index is -0.827. The molecule has 2 saturated heterocycles. The molecule has 1 aromatic rings. The summed E-state index contributed by atoms with van der Waals surface area (Å²) >= 11 is 9.95. The third-order valence-electron chi connectivity index (χ3n) is 5.56. The monoisotopic (exact) mass is 425 g/mol. The van der Waals surface area contributed by atoms with Gasteiger partial charge in [-0.1, -0.05) is 11.6 Å². The maximum atomic E-state index is 13.4. The molecule has 0 saturated carbocycles. The van der Waals surface area contributed by atoms with Crippen LogP contribution >= 0.6 is 24.2 Å². The number of nitrogens with one attached hydrogen (secondary N) is 2. The number of halogens is 1. The van der Waals surface area contributed by atoms with Crippen molar-refractivity contribution in [3.05, 3.63) is 29.3 Å². The molecule has 1 aromatic carbocycles. The van der Waals surface area contributed by atoms with Gasteiger partial charge in [0.05, 0.1) is 5.75 Å². The van der Waals surface area contributed by atoms with Gasteiger partial charge in [-0.05, 0) is 56.1 Å². The van der Waals surface area contributed by atoms with Crippen LogP contribution in [0, 0.1) is 5.92 Å². The summed E-state index contributed by atoms with van der Waals surface area (Å²) in [6.45, 7) is 3.55. The van der Waals surface area contributed by atoms with Gasteiger partial charge in [0.2, 0.25) is 5.91 Å². The van der Waals surface area contributed by atoms with E-state index >= 15 is 0 Å². The van der Waals surface area contributed by atoms with Crippen molar-refractivity contribution in [1.29, 1.82) is 0 Å². The number of amides is 2. The first kappa shape index (κ1) is 21.3. The summed E-state index contributed by atoms with van der Waals surface area (Å²) in [4.78, 5) is 26.7. The highest BCUT2D eigenvalue weighted by Gasteiger charge is 2.45. The maximum Gasteiger partial charge on any atom is 0.266 e. The Hall–Kier alpha value is -1.44. The van der Waals surface area contributed by atoms with Gasteiger partial charge in [0.15, 0.2) is 5.60 Å². The average molecular weight is 426 g/mol. The zero-order valence-corrected chi connectivity index (χ0v) is 17.6. The second kappa shape index (κ2) is 9.85. The van der Waals surface area contributed by atoms with Crippen LogP contribution in [0.2, 0.25) is 5.02 Å². The van der Waals surface area contributed by atoms with Gasteiger partial charge in [-0.3, -0.25) is 9.59 Å². The zero-order valence-electron chi connectivity index (χ0n) is 16.0. The highest BCUT2D eigenvalue weighted by atomic mass is 35.5. The molecule has 2 aliphatic heterocycles. The van der Waals surface area contributed by atoms with Crippen LogP contribution in [0.5, 0.6) is 5.75 Å². The molecule has 0 bridgehead atoms. The Morgan fingerprint density at radius 3 is 2.46 bits per heavy atom. The second-order valence-electron chi connectivity index (χ2n) is 7.50. The molecule has 28 heavy (non-hydrogen) atoms. The van der Waals surface area contributed by atoms with Crippen molar-refractivity contribution < 1.29 is 14.3 Å². The van der Waals surface area contributed by atoms with Crippen molar-refractivity contribution in [2.45, 2.75) is 31.3 Å². The highest BCUT2D eigenvalue weighted by Crippen LogP contribution is 2.31. The SMILES string of the molecule is O=C(CS)NCC1CCN(C(=O)C2(Oc3ccc(Cl)cc3)CCNCC2)CC1. The van der Waals surface area contributed by atoms with E-state index < -0.39 is 5.60 Å². The number of hydrogen-bond acceptors (Lipinski definition) is 5. The number of hydrogen-bond donors (Lipinski definition) is 3. The Bertz CT molecular complexity index is 672. The molecule has 0 radical (unpaired) electrons. The second-order valence-corrected chi connectivity index (χ2v) is 8.25. The van der Waals surface area contributed by atoms with Gasteiger partial charge < -0.3 is 20.3 Å². The minimum absolute atomic E-state index is 0.0492. The lowest BCUT2D eigenvalue weighted by atomic mass is 9.88. The van der Waals surface area contributed by atoms with E-state index in [0.29, 0.717) is 49.2 Å². The van der Waals surface area contributed by atoms with Crippen LogP contribution in [0.3, 0.4) is 0 Å². The van der Waals surface area contributed by atoms with Crippen molar-refractivity contribution in [2.75, 3.05) is 38.5 Å². The third kappa shape index (κ3) is 5.33. The largest absolute Gasteiger partial charge is 0.477 e. The summed E-state index contributed by atoms with van der Waals surface area (Å²) in [7, 11) is 0. The Morgan fingerprint density at radius 2 is 1.86 bits per heavy atom. The summed E-state index contributed by atoms with van der Waals surface area (Å²) in [6, 6.07) is 7.19. The molecule has 0 unspecified atom stereocenters. The topological polar surface area (TPSA) is 70.7 Å². The van der Waals surface area contributed by atoms with Crippen LogP contribution in [-0.4, -0.2) is 60.8 Å². The molecular weight excluding hydrogens is 398 g/mol. The van der Waals surface area contributed by atoms with E-state index in [1.54, 1.807) is 12.1 Å². The molecule has 2 N–H and O–H groups in total. The summed E-state index contributed by atoms with van der Waals surface area (Å²) in [5.74, 6) is 1.29. The number of rotatable bonds is 6. The smallest absolute Gasteiger partial charge is 0.266 e. The molecule has 6 nitrogen and oxygen atoms in total. The Morgan fingerprint density at radius 1 is 1.21 bits per heavy atom. The maximum absolute atomic E-state index is 13.4. The van der Waals surface area contributed by atoms with E-state index in [1.165, 1.54) is 0 Å². The van der Waals surface area contributed by atoms with Crippen LogP contribution in [0.15, 0.2) is 24.3 Å². The fraction of sp³-hybridized carbons (Fsp3) is 0.600. The molecule has 0 aliphatic carbocycles. The van der Waals surface area contributed by atoms with Crippen LogP contribution in [0.1, 0.15) is 25.7 Å². The lowest BCUT2D eigenvalue weighted by molar-refractivity contribution is -0.152. The molecule has 2 fully saturated rings. The summed E-state index contributed by atoms with van der Waals surface area (Å²) in [6.07, 6.45) is 3.06. The van der Waals surface area contributed by atoms with Crippen molar-refractivity contribution in [1.82, 2.24) is 15.5 Å². The van der Waals surface area contributed by atoms with Crippen LogP contribution in [-0.2, 0) is 9.59 Å². The van der Waals surface area contributed by atoms with E-state index in [1.807, 2.05) is 17.0 Å². The molecule has 0 atom stereocenters. The fourth-order valence-electron chi connectivity index (χ4n) is 3.86. The predicted molar refractivity (Wildman–Crippen MR) is 113 cm³/mol. The molecule has 8 heteroatoms. The summed E-state index contributed by atoms with van der Waals surface area (Å²) < 4.78 is 6.28. The van der Waals surface area contributed by atoms with Crippen LogP contribution < -0.4 is 15.4 Å². The van der Waals surface area contributed by atoms with Gasteiger partial charge >= 0.3 is 0 Å². The highest BCUT2D eigenvalue weighted by molar-refractivity contribution is 7.81. The van der Waals surface area contributed by atoms with Crippen molar-refractivity contribution in [3.63, 3.8) is 0 Å². The van der Waals surface area contributed by atoms with Crippen molar-refractivity contribution in [2.24, 2.45) is 5.92 Å². The van der Waals surface area contributed by atoms with E-state index in [0.717, 1.165) is 25.9 Å². The fourth-order valence-corrected chi connectivity index (χ4v) is 4.10. The quantitative estimate of drug-likeness (QED) is 0.610. The number of nitrogens with zero attached hydrogens (tertiary/aromatic N) is 1. The predicted octanol–water partition coefficient (Wildman–Crippen LogP) is 2.13. The van der Waals surface area contributed by atoms with Gasteiger partial charge in [-0.2, -0.15) is 12.6 Å². The Labute approximate surface area is 176 Å². The van der Waals surface area contributed by atoms with Gasteiger partial charge in [0.25, 0.3) is 5.91 Å². The molecule has 2 aliphatic rings. The van der Waals surface area contributed by atoms with E-state index in [4.69, 9.17) is 16.3 Å². The first-order valence-electron chi connectivity index (χ1n) is 9.85. The summed E-state index contributed by atoms with van der Waals surface area (Å²) in [5.41, 5.74) is -0.827. The number of benzene rings is 1. The lowest BCUT2D eigenvalue weighted by Gasteiger charge is -2.42. The van der Waals surface area contributed by atoms with Gasteiger partial charge in [-0.25, -0.2) is 0 Å². The summed E-state index contributed by atoms with van der Waals surface area (Å²) in [5, 5.41) is 6.85.